The SMILES string of the molecule is CN(Cc1ccco1)c1cc(Cl)ccc1CN. The second kappa shape index (κ2) is 5.25. The Balaban J connectivity index is 2.23. The van der Waals surface area contributed by atoms with E-state index in [1.807, 2.05) is 37.4 Å². The van der Waals surface area contributed by atoms with Gasteiger partial charge in [0, 0.05) is 24.3 Å². The number of nitrogens with zero attached hydrogens (tertiary/aromatic N) is 1. The lowest BCUT2D eigenvalue weighted by Crippen LogP contribution is -2.18. The standard InChI is InChI=1S/C13H15ClN2O/c1-16(9-12-3-2-6-17-12)13-7-11(14)5-4-10(13)8-15/h2-7H,8-9,15H2,1H3. The van der Waals surface area contributed by atoms with Crippen molar-refractivity contribution in [2.75, 3.05) is 11.9 Å². The molecule has 1 heterocycles. The van der Waals surface area contributed by atoms with Gasteiger partial charge < -0.3 is 15.1 Å². The Morgan fingerprint density at radius 2 is 2.18 bits per heavy atom. The average Bonchev–Trinajstić information content (AvgIpc) is 2.81. The lowest BCUT2D eigenvalue weighted by molar-refractivity contribution is 0.507. The van der Waals surface area contributed by atoms with E-state index in [0.29, 0.717) is 18.1 Å². The quantitative estimate of drug-likeness (QED) is 0.907. The first-order valence-corrected chi connectivity index (χ1v) is 5.80. The van der Waals surface area contributed by atoms with E-state index in [9.17, 15) is 0 Å². The van der Waals surface area contributed by atoms with Crippen LogP contribution in [0.25, 0.3) is 0 Å². The van der Waals surface area contributed by atoms with Crippen LogP contribution in [-0.2, 0) is 13.1 Å². The third kappa shape index (κ3) is 2.81. The summed E-state index contributed by atoms with van der Waals surface area (Å²) in [7, 11) is 1.99. The van der Waals surface area contributed by atoms with Crippen LogP contribution in [-0.4, -0.2) is 7.05 Å². The molecule has 2 rings (SSSR count). The van der Waals surface area contributed by atoms with E-state index in [1.54, 1.807) is 6.26 Å². The molecule has 0 unspecified atom stereocenters. The van der Waals surface area contributed by atoms with Gasteiger partial charge in [-0.25, -0.2) is 0 Å². The van der Waals surface area contributed by atoms with Crippen molar-refractivity contribution in [3.63, 3.8) is 0 Å². The molecule has 0 bridgehead atoms. The second-order valence-electron chi connectivity index (χ2n) is 3.91. The van der Waals surface area contributed by atoms with Gasteiger partial charge in [0.1, 0.15) is 5.76 Å². The second-order valence-corrected chi connectivity index (χ2v) is 4.35. The number of halogens is 1. The van der Waals surface area contributed by atoms with Crippen LogP contribution in [0.1, 0.15) is 11.3 Å². The fraction of sp³-hybridized carbons (Fsp3) is 0.231. The predicted octanol–water partition coefficient (Wildman–Crippen LogP) is 3.03. The zero-order chi connectivity index (χ0) is 12.3. The number of benzene rings is 1. The maximum atomic E-state index is 6.01. The van der Waals surface area contributed by atoms with Crippen LogP contribution < -0.4 is 10.6 Å². The zero-order valence-corrected chi connectivity index (χ0v) is 10.4. The molecule has 1 aromatic heterocycles. The molecule has 1 aromatic carbocycles. The minimum atomic E-state index is 0.495. The number of hydrogen-bond acceptors (Lipinski definition) is 3. The normalized spacial score (nSPS) is 10.5. The molecule has 0 aliphatic heterocycles. The maximum absolute atomic E-state index is 6.01. The van der Waals surface area contributed by atoms with Gasteiger partial charge in [-0.05, 0) is 29.8 Å². The zero-order valence-electron chi connectivity index (χ0n) is 9.69. The largest absolute Gasteiger partial charge is 0.467 e. The Bertz CT molecular complexity index is 482. The molecule has 0 aliphatic rings. The van der Waals surface area contributed by atoms with E-state index in [1.165, 1.54) is 0 Å². The minimum absolute atomic E-state index is 0.495. The molecule has 90 valence electrons. The molecule has 0 aliphatic carbocycles. The first-order valence-electron chi connectivity index (χ1n) is 5.42. The highest BCUT2D eigenvalue weighted by molar-refractivity contribution is 6.30. The Labute approximate surface area is 106 Å². The number of anilines is 1. The maximum Gasteiger partial charge on any atom is 0.123 e. The molecule has 0 atom stereocenters. The molecule has 17 heavy (non-hydrogen) atoms. The summed E-state index contributed by atoms with van der Waals surface area (Å²) < 4.78 is 5.32. The van der Waals surface area contributed by atoms with E-state index in [4.69, 9.17) is 21.8 Å². The van der Waals surface area contributed by atoms with Gasteiger partial charge in [0.2, 0.25) is 0 Å². The Morgan fingerprint density at radius 1 is 1.35 bits per heavy atom. The van der Waals surface area contributed by atoms with Crippen molar-refractivity contribution >= 4 is 17.3 Å². The van der Waals surface area contributed by atoms with Gasteiger partial charge in [0.05, 0.1) is 12.8 Å². The number of furan rings is 1. The monoisotopic (exact) mass is 250 g/mol. The van der Waals surface area contributed by atoms with Crippen LogP contribution in [0.5, 0.6) is 0 Å². The molecule has 0 radical (unpaired) electrons. The molecule has 2 aromatic rings. The topological polar surface area (TPSA) is 42.4 Å². The summed E-state index contributed by atoms with van der Waals surface area (Å²) in [4.78, 5) is 2.08. The summed E-state index contributed by atoms with van der Waals surface area (Å²) in [5.74, 6) is 0.912. The van der Waals surface area contributed by atoms with Crippen molar-refractivity contribution in [3.8, 4) is 0 Å². The molecule has 0 fully saturated rings. The fourth-order valence-electron chi connectivity index (χ4n) is 1.79. The third-order valence-corrected chi connectivity index (χ3v) is 2.89. The van der Waals surface area contributed by atoms with Crippen molar-refractivity contribution in [1.82, 2.24) is 0 Å². The summed E-state index contributed by atoms with van der Waals surface area (Å²) in [5, 5.41) is 0.712. The molecule has 0 spiro atoms. The lowest BCUT2D eigenvalue weighted by Gasteiger charge is -2.21. The highest BCUT2D eigenvalue weighted by Gasteiger charge is 2.09. The predicted molar refractivity (Wildman–Crippen MR) is 70.2 cm³/mol. The van der Waals surface area contributed by atoms with E-state index in [0.717, 1.165) is 17.0 Å². The van der Waals surface area contributed by atoms with E-state index in [2.05, 4.69) is 4.90 Å². The molecular weight excluding hydrogens is 236 g/mol. The molecule has 0 saturated carbocycles. The molecule has 2 N–H and O–H groups in total. The molecule has 4 heteroatoms. The fourth-order valence-corrected chi connectivity index (χ4v) is 1.95. The van der Waals surface area contributed by atoms with Gasteiger partial charge >= 0.3 is 0 Å². The van der Waals surface area contributed by atoms with Crippen molar-refractivity contribution in [2.45, 2.75) is 13.1 Å². The lowest BCUT2D eigenvalue weighted by atomic mass is 10.1. The van der Waals surface area contributed by atoms with E-state index < -0.39 is 0 Å². The third-order valence-electron chi connectivity index (χ3n) is 2.65. The van der Waals surface area contributed by atoms with Crippen molar-refractivity contribution < 1.29 is 4.42 Å². The molecule has 0 saturated heterocycles. The Hall–Kier alpha value is -1.45. The summed E-state index contributed by atoms with van der Waals surface area (Å²) in [6.45, 7) is 1.19. The van der Waals surface area contributed by atoms with Crippen molar-refractivity contribution in [3.05, 3.63) is 52.9 Å². The highest BCUT2D eigenvalue weighted by atomic mass is 35.5. The van der Waals surface area contributed by atoms with Gasteiger partial charge in [-0.15, -0.1) is 0 Å². The first kappa shape index (κ1) is 12.0. The summed E-state index contributed by atoms with van der Waals surface area (Å²) >= 11 is 6.01. The number of nitrogens with two attached hydrogens (primary N) is 1. The number of hydrogen-bond donors (Lipinski definition) is 1. The molecule has 3 nitrogen and oxygen atoms in total. The van der Waals surface area contributed by atoms with Crippen molar-refractivity contribution in [1.29, 1.82) is 0 Å². The summed E-state index contributed by atoms with van der Waals surface area (Å²) in [6.07, 6.45) is 1.67. The van der Waals surface area contributed by atoms with Crippen LogP contribution >= 0.6 is 11.6 Å². The van der Waals surface area contributed by atoms with Crippen LogP contribution in [0.15, 0.2) is 41.0 Å². The van der Waals surface area contributed by atoms with E-state index >= 15 is 0 Å². The van der Waals surface area contributed by atoms with Gasteiger partial charge in [0.25, 0.3) is 0 Å². The minimum Gasteiger partial charge on any atom is -0.467 e. The van der Waals surface area contributed by atoms with Crippen molar-refractivity contribution in [2.24, 2.45) is 5.73 Å². The van der Waals surface area contributed by atoms with Gasteiger partial charge in [-0.1, -0.05) is 17.7 Å². The van der Waals surface area contributed by atoms with Gasteiger partial charge in [-0.3, -0.25) is 0 Å². The smallest absolute Gasteiger partial charge is 0.123 e. The van der Waals surface area contributed by atoms with Crippen LogP contribution in [0.3, 0.4) is 0 Å². The molecule has 0 amide bonds. The Morgan fingerprint density at radius 3 is 2.82 bits per heavy atom. The van der Waals surface area contributed by atoms with Crippen LogP contribution in [0, 0.1) is 0 Å². The van der Waals surface area contributed by atoms with E-state index in [-0.39, 0.29) is 0 Å². The first-order chi connectivity index (χ1) is 8.20. The van der Waals surface area contributed by atoms with Crippen LogP contribution in [0.4, 0.5) is 5.69 Å². The summed E-state index contributed by atoms with van der Waals surface area (Å²) in [6, 6.07) is 9.56. The van der Waals surface area contributed by atoms with Gasteiger partial charge in [0.15, 0.2) is 0 Å². The highest BCUT2D eigenvalue weighted by Crippen LogP contribution is 2.25. The average molecular weight is 251 g/mol. The molecular formula is C13H15ClN2O. The van der Waals surface area contributed by atoms with Crippen LogP contribution in [0.2, 0.25) is 5.02 Å². The Kier molecular flexibility index (Phi) is 3.71. The summed E-state index contributed by atoms with van der Waals surface area (Å²) in [5.41, 5.74) is 7.83. The number of rotatable bonds is 4. The van der Waals surface area contributed by atoms with Gasteiger partial charge in [-0.2, -0.15) is 0 Å².